The maximum Gasteiger partial charge on any atom is 0.305 e. The molecule has 5 heteroatoms. The number of carbonyl (C=O) groups is 2. The van der Waals surface area contributed by atoms with Crippen molar-refractivity contribution in [3.05, 3.63) is 24.3 Å². The van der Waals surface area contributed by atoms with Gasteiger partial charge >= 0.3 is 11.9 Å². The molecule has 1 saturated heterocycles. The molecule has 0 aliphatic carbocycles. The smallest absolute Gasteiger partial charge is 0.305 e. The molecule has 0 N–H and O–H groups in total. The number of allylic oxidation sites excluding steroid dienone is 4. The van der Waals surface area contributed by atoms with Crippen molar-refractivity contribution in [3.8, 4) is 0 Å². The first-order valence-corrected chi connectivity index (χ1v) is 14.5. The minimum absolute atomic E-state index is 0.0334. The van der Waals surface area contributed by atoms with Crippen molar-refractivity contribution < 1.29 is 19.1 Å². The van der Waals surface area contributed by atoms with E-state index < -0.39 is 0 Å². The van der Waals surface area contributed by atoms with Crippen molar-refractivity contribution in [2.45, 2.75) is 117 Å². The number of unbranched alkanes of at least 4 members (excludes halogenated alkanes) is 8. The van der Waals surface area contributed by atoms with E-state index in [-0.39, 0.29) is 17.9 Å². The molecule has 0 spiro atoms. The number of esters is 2. The number of rotatable bonds is 22. The van der Waals surface area contributed by atoms with Gasteiger partial charge in [0.25, 0.3) is 0 Å². The lowest BCUT2D eigenvalue weighted by Crippen LogP contribution is -2.22. The monoisotopic (exact) mass is 491 g/mol. The first-order chi connectivity index (χ1) is 17.1. The standard InChI is InChI=1S/C30H53NO4/c1-3-4-5-6-7-8-9-10-11-12-13-14-15-16-17-21-29(32)34-26-28(2)27-35-30(33)22-20-25-31-23-18-19-24-31/h7-8,10-11,28H,3-6,9,12-27H2,1-2H3/b8-7-,11-10-. The van der Waals surface area contributed by atoms with Crippen LogP contribution in [0.1, 0.15) is 117 Å². The molecule has 1 aliphatic rings. The fourth-order valence-corrected chi connectivity index (χ4v) is 4.20. The Morgan fingerprint density at radius 3 is 1.91 bits per heavy atom. The van der Waals surface area contributed by atoms with E-state index in [2.05, 4.69) is 36.1 Å². The van der Waals surface area contributed by atoms with Crippen LogP contribution in [0.2, 0.25) is 0 Å². The Hall–Kier alpha value is -1.62. The fourth-order valence-electron chi connectivity index (χ4n) is 4.20. The highest BCUT2D eigenvalue weighted by Gasteiger charge is 2.13. The summed E-state index contributed by atoms with van der Waals surface area (Å²) in [6.07, 6.45) is 26.4. The molecule has 0 aromatic heterocycles. The predicted octanol–water partition coefficient (Wildman–Crippen LogP) is 7.40. The summed E-state index contributed by atoms with van der Waals surface area (Å²) in [4.78, 5) is 26.2. The van der Waals surface area contributed by atoms with Crippen LogP contribution in [0, 0.1) is 5.92 Å². The van der Waals surface area contributed by atoms with Crippen LogP contribution in [0.4, 0.5) is 0 Å². The fraction of sp³-hybridized carbons (Fsp3) is 0.800. The summed E-state index contributed by atoms with van der Waals surface area (Å²) in [5.41, 5.74) is 0. The SMILES string of the molecule is CCCCC/C=C\C/C=C\CCCCCCCC(=O)OCC(C)COC(=O)CCCN1CCCC1. The van der Waals surface area contributed by atoms with Crippen LogP contribution in [0.5, 0.6) is 0 Å². The van der Waals surface area contributed by atoms with Gasteiger partial charge in [-0.1, -0.05) is 70.3 Å². The summed E-state index contributed by atoms with van der Waals surface area (Å²) in [6, 6.07) is 0. The highest BCUT2D eigenvalue weighted by Crippen LogP contribution is 2.10. The molecule has 5 nitrogen and oxygen atoms in total. The summed E-state index contributed by atoms with van der Waals surface area (Å²) in [5.74, 6) is -0.252. The normalized spacial score (nSPS) is 15.3. The lowest BCUT2D eigenvalue weighted by atomic mass is 10.1. The van der Waals surface area contributed by atoms with Crippen LogP contribution < -0.4 is 0 Å². The predicted molar refractivity (Wildman–Crippen MR) is 145 cm³/mol. The quantitative estimate of drug-likeness (QED) is 0.0897. The Balaban J connectivity index is 1.86. The molecule has 1 fully saturated rings. The minimum atomic E-state index is -0.146. The maximum atomic E-state index is 11.9. The van der Waals surface area contributed by atoms with Crippen molar-refractivity contribution in [2.24, 2.45) is 5.92 Å². The van der Waals surface area contributed by atoms with Gasteiger partial charge in [-0.3, -0.25) is 9.59 Å². The molecule has 0 aromatic rings. The molecule has 1 rings (SSSR count). The first kappa shape index (κ1) is 31.4. The molecule has 1 heterocycles. The zero-order valence-corrected chi connectivity index (χ0v) is 22.8. The van der Waals surface area contributed by atoms with Gasteiger partial charge < -0.3 is 14.4 Å². The molecule has 35 heavy (non-hydrogen) atoms. The molecule has 1 aliphatic heterocycles. The Kier molecular flexibility index (Phi) is 20.5. The Morgan fingerprint density at radius 2 is 1.29 bits per heavy atom. The molecule has 1 atom stereocenters. The molecule has 0 saturated carbocycles. The maximum absolute atomic E-state index is 11.9. The Bertz CT molecular complexity index is 581. The highest BCUT2D eigenvalue weighted by molar-refractivity contribution is 5.69. The average molecular weight is 492 g/mol. The van der Waals surface area contributed by atoms with E-state index in [1.54, 1.807) is 0 Å². The van der Waals surface area contributed by atoms with Crippen molar-refractivity contribution >= 4 is 11.9 Å². The third kappa shape index (κ3) is 20.3. The van der Waals surface area contributed by atoms with Crippen LogP contribution >= 0.6 is 0 Å². The molecular weight excluding hydrogens is 438 g/mol. The van der Waals surface area contributed by atoms with Crippen molar-refractivity contribution in [1.29, 1.82) is 0 Å². The summed E-state index contributed by atoms with van der Waals surface area (Å²) >= 11 is 0. The van der Waals surface area contributed by atoms with Gasteiger partial charge in [0, 0.05) is 18.8 Å². The summed E-state index contributed by atoms with van der Waals surface area (Å²) in [5, 5.41) is 0. The lowest BCUT2D eigenvalue weighted by Gasteiger charge is -2.15. The molecule has 202 valence electrons. The summed E-state index contributed by atoms with van der Waals surface area (Å²) < 4.78 is 10.7. The van der Waals surface area contributed by atoms with E-state index in [1.807, 2.05) is 6.92 Å². The minimum Gasteiger partial charge on any atom is -0.465 e. The largest absolute Gasteiger partial charge is 0.465 e. The van der Waals surface area contributed by atoms with Gasteiger partial charge in [-0.25, -0.2) is 0 Å². The third-order valence-corrected chi connectivity index (χ3v) is 6.44. The van der Waals surface area contributed by atoms with E-state index in [9.17, 15) is 9.59 Å². The van der Waals surface area contributed by atoms with Crippen LogP contribution in [0.25, 0.3) is 0 Å². The summed E-state index contributed by atoms with van der Waals surface area (Å²) in [6.45, 7) is 8.13. The second kappa shape index (κ2) is 22.8. The Morgan fingerprint density at radius 1 is 0.743 bits per heavy atom. The number of carbonyl (C=O) groups excluding carboxylic acids is 2. The van der Waals surface area contributed by atoms with Gasteiger partial charge in [0.15, 0.2) is 0 Å². The second-order valence-electron chi connectivity index (χ2n) is 10.1. The van der Waals surface area contributed by atoms with E-state index >= 15 is 0 Å². The number of nitrogens with zero attached hydrogens (tertiary/aromatic N) is 1. The van der Waals surface area contributed by atoms with Crippen LogP contribution in [-0.4, -0.2) is 49.7 Å². The molecular formula is C30H53NO4. The van der Waals surface area contributed by atoms with E-state index in [4.69, 9.17) is 9.47 Å². The van der Waals surface area contributed by atoms with E-state index in [1.165, 1.54) is 57.8 Å². The van der Waals surface area contributed by atoms with E-state index in [0.29, 0.717) is 26.1 Å². The number of hydrogen-bond acceptors (Lipinski definition) is 5. The van der Waals surface area contributed by atoms with Gasteiger partial charge in [-0.05, 0) is 77.4 Å². The van der Waals surface area contributed by atoms with Crippen molar-refractivity contribution in [1.82, 2.24) is 4.90 Å². The van der Waals surface area contributed by atoms with Crippen LogP contribution in [-0.2, 0) is 19.1 Å². The molecule has 0 amide bonds. The molecule has 0 bridgehead atoms. The van der Waals surface area contributed by atoms with Crippen molar-refractivity contribution in [3.63, 3.8) is 0 Å². The van der Waals surface area contributed by atoms with Gasteiger partial charge in [0.2, 0.25) is 0 Å². The second-order valence-corrected chi connectivity index (χ2v) is 10.1. The van der Waals surface area contributed by atoms with E-state index in [0.717, 1.165) is 51.7 Å². The molecule has 0 aromatic carbocycles. The van der Waals surface area contributed by atoms with Crippen LogP contribution in [0.3, 0.4) is 0 Å². The summed E-state index contributed by atoms with van der Waals surface area (Å²) in [7, 11) is 0. The highest BCUT2D eigenvalue weighted by atomic mass is 16.5. The first-order valence-electron chi connectivity index (χ1n) is 14.5. The van der Waals surface area contributed by atoms with Gasteiger partial charge in [-0.2, -0.15) is 0 Å². The zero-order valence-electron chi connectivity index (χ0n) is 22.8. The number of likely N-dealkylation sites (tertiary alicyclic amines) is 1. The van der Waals surface area contributed by atoms with Gasteiger partial charge in [0.05, 0.1) is 13.2 Å². The van der Waals surface area contributed by atoms with Crippen LogP contribution in [0.15, 0.2) is 24.3 Å². The molecule has 1 unspecified atom stereocenters. The lowest BCUT2D eigenvalue weighted by molar-refractivity contribution is -0.148. The van der Waals surface area contributed by atoms with Gasteiger partial charge in [0.1, 0.15) is 0 Å². The average Bonchev–Trinajstić information content (AvgIpc) is 3.37. The number of hydrogen-bond donors (Lipinski definition) is 0. The molecule has 0 radical (unpaired) electrons. The Labute approximate surface area is 215 Å². The third-order valence-electron chi connectivity index (χ3n) is 6.44. The van der Waals surface area contributed by atoms with Gasteiger partial charge in [-0.15, -0.1) is 0 Å². The van der Waals surface area contributed by atoms with Crippen molar-refractivity contribution in [2.75, 3.05) is 32.8 Å². The topological polar surface area (TPSA) is 55.8 Å². The number of ether oxygens (including phenoxy) is 2. The zero-order chi connectivity index (χ0) is 25.4.